The van der Waals surface area contributed by atoms with Crippen molar-refractivity contribution in [3.63, 3.8) is 0 Å². The molecule has 0 aliphatic heterocycles. The molecule has 0 aliphatic carbocycles. The lowest BCUT2D eigenvalue weighted by Gasteiger charge is -2.18. The van der Waals surface area contributed by atoms with Gasteiger partial charge in [0, 0.05) is 48.3 Å². The third kappa shape index (κ3) is 3.17. The van der Waals surface area contributed by atoms with Crippen LogP contribution in [-0.4, -0.2) is 9.97 Å². The molecule has 0 bridgehead atoms. The van der Waals surface area contributed by atoms with Crippen LogP contribution in [0.5, 0.6) is 0 Å². The summed E-state index contributed by atoms with van der Waals surface area (Å²) in [5, 5.41) is 8.95. The predicted molar refractivity (Wildman–Crippen MR) is 75.3 cm³/mol. The Morgan fingerprint density at radius 3 is 2.58 bits per heavy atom. The molecule has 3 heteroatoms. The first kappa shape index (κ1) is 13.2. The maximum Gasteiger partial charge on any atom is 0.0628 e. The van der Waals surface area contributed by atoms with E-state index in [4.69, 9.17) is 5.26 Å². The second-order valence-electron chi connectivity index (χ2n) is 4.96. The van der Waals surface area contributed by atoms with E-state index in [1.807, 2.05) is 30.7 Å². The quantitative estimate of drug-likeness (QED) is 0.830. The molecule has 0 saturated heterocycles. The fourth-order valence-corrected chi connectivity index (χ4v) is 2.19. The van der Waals surface area contributed by atoms with Crippen LogP contribution in [0, 0.1) is 17.2 Å². The average Bonchev–Trinajstić information content (AvgIpc) is 2.45. The van der Waals surface area contributed by atoms with Gasteiger partial charge >= 0.3 is 0 Å². The van der Waals surface area contributed by atoms with Crippen molar-refractivity contribution >= 4 is 0 Å². The van der Waals surface area contributed by atoms with Gasteiger partial charge < -0.3 is 0 Å². The van der Waals surface area contributed by atoms with E-state index in [9.17, 15) is 0 Å². The third-order valence-electron chi connectivity index (χ3n) is 3.30. The molecule has 0 radical (unpaired) electrons. The fraction of sp³-hybridized carbons (Fsp3) is 0.312. The molecule has 0 aromatic carbocycles. The van der Waals surface area contributed by atoms with Crippen LogP contribution in [0.25, 0.3) is 11.1 Å². The standard InChI is InChI=1S/C16H17N3/c1-12(2)16(5-6-17)15-8-14(10-19-11-15)13-4-3-7-18-9-13/h3-4,7-12,16H,5H2,1-2H3. The molecule has 2 aromatic rings. The van der Waals surface area contributed by atoms with E-state index in [0.717, 1.165) is 16.7 Å². The average molecular weight is 251 g/mol. The zero-order chi connectivity index (χ0) is 13.7. The Bertz CT molecular complexity index is 570. The molecular formula is C16H17N3. The lowest BCUT2D eigenvalue weighted by atomic mass is 9.86. The van der Waals surface area contributed by atoms with Crippen molar-refractivity contribution in [3.05, 3.63) is 48.5 Å². The van der Waals surface area contributed by atoms with E-state index in [1.165, 1.54) is 0 Å². The lowest BCUT2D eigenvalue weighted by molar-refractivity contribution is 0.505. The summed E-state index contributed by atoms with van der Waals surface area (Å²) < 4.78 is 0. The number of rotatable bonds is 4. The summed E-state index contributed by atoms with van der Waals surface area (Å²) >= 11 is 0. The third-order valence-corrected chi connectivity index (χ3v) is 3.30. The highest BCUT2D eigenvalue weighted by atomic mass is 14.6. The lowest BCUT2D eigenvalue weighted by Crippen LogP contribution is -2.06. The topological polar surface area (TPSA) is 49.6 Å². The van der Waals surface area contributed by atoms with E-state index in [0.29, 0.717) is 12.3 Å². The van der Waals surface area contributed by atoms with E-state index >= 15 is 0 Å². The second kappa shape index (κ2) is 6.10. The summed E-state index contributed by atoms with van der Waals surface area (Å²) in [7, 11) is 0. The number of hydrogen-bond acceptors (Lipinski definition) is 3. The minimum atomic E-state index is 0.231. The molecule has 1 atom stereocenters. The van der Waals surface area contributed by atoms with Crippen LogP contribution >= 0.6 is 0 Å². The van der Waals surface area contributed by atoms with Gasteiger partial charge in [0.05, 0.1) is 6.07 Å². The Kier molecular flexibility index (Phi) is 4.25. The van der Waals surface area contributed by atoms with Crippen LogP contribution in [0.3, 0.4) is 0 Å². The summed E-state index contributed by atoms with van der Waals surface area (Å²) in [6, 6.07) is 8.31. The van der Waals surface area contributed by atoms with Crippen molar-refractivity contribution in [3.8, 4) is 17.2 Å². The van der Waals surface area contributed by atoms with E-state index in [1.54, 1.807) is 6.20 Å². The molecule has 2 heterocycles. The molecule has 0 saturated carbocycles. The molecule has 1 unspecified atom stereocenters. The summed E-state index contributed by atoms with van der Waals surface area (Å²) in [5.41, 5.74) is 3.23. The summed E-state index contributed by atoms with van der Waals surface area (Å²) in [6.07, 6.45) is 7.81. The minimum Gasteiger partial charge on any atom is -0.264 e. The van der Waals surface area contributed by atoms with Gasteiger partial charge in [-0.2, -0.15) is 5.26 Å². The molecule has 0 spiro atoms. The van der Waals surface area contributed by atoms with Crippen molar-refractivity contribution < 1.29 is 0 Å². The van der Waals surface area contributed by atoms with E-state index < -0.39 is 0 Å². The summed E-state index contributed by atoms with van der Waals surface area (Å²) in [5.74, 6) is 0.653. The zero-order valence-electron chi connectivity index (χ0n) is 11.2. The van der Waals surface area contributed by atoms with Crippen molar-refractivity contribution in [2.45, 2.75) is 26.2 Å². The van der Waals surface area contributed by atoms with Gasteiger partial charge in [-0.05, 0) is 23.6 Å². The number of hydrogen-bond donors (Lipinski definition) is 0. The highest BCUT2D eigenvalue weighted by molar-refractivity contribution is 5.61. The van der Waals surface area contributed by atoms with Crippen LogP contribution in [0.15, 0.2) is 43.0 Å². The van der Waals surface area contributed by atoms with Crippen molar-refractivity contribution in [2.24, 2.45) is 5.92 Å². The predicted octanol–water partition coefficient (Wildman–Crippen LogP) is 3.80. The largest absolute Gasteiger partial charge is 0.264 e. The Hall–Kier alpha value is -2.21. The molecule has 2 rings (SSSR count). The normalized spacial score (nSPS) is 12.1. The van der Waals surface area contributed by atoms with Crippen LogP contribution in [0.2, 0.25) is 0 Å². The fourth-order valence-electron chi connectivity index (χ4n) is 2.19. The van der Waals surface area contributed by atoms with Gasteiger partial charge in [0.1, 0.15) is 0 Å². The van der Waals surface area contributed by atoms with E-state index in [2.05, 4.69) is 36.0 Å². The van der Waals surface area contributed by atoms with Crippen LogP contribution < -0.4 is 0 Å². The van der Waals surface area contributed by atoms with Gasteiger partial charge in [0.2, 0.25) is 0 Å². The highest BCUT2D eigenvalue weighted by Crippen LogP contribution is 2.29. The molecular weight excluding hydrogens is 234 g/mol. The maximum absolute atomic E-state index is 8.95. The zero-order valence-corrected chi connectivity index (χ0v) is 11.2. The number of pyridine rings is 2. The summed E-state index contributed by atoms with van der Waals surface area (Å²) in [4.78, 5) is 8.44. The van der Waals surface area contributed by atoms with Gasteiger partial charge in [-0.15, -0.1) is 0 Å². The molecule has 0 fully saturated rings. The monoisotopic (exact) mass is 251 g/mol. The Morgan fingerprint density at radius 1 is 1.16 bits per heavy atom. The highest BCUT2D eigenvalue weighted by Gasteiger charge is 2.16. The SMILES string of the molecule is CC(C)C(CC#N)c1cncc(-c2cccnc2)c1. The summed E-state index contributed by atoms with van der Waals surface area (Å²) in [6.45, 7) is 4.28. The number of nitriles is 1. The van der Waals surface area contributed by atoms with Gasteiger partial charge in [-0.25, -0.2) is 0 Å². The van der Waals surface area contributed by atoms with E-state index in [-0.39, 0.29) is 5.92 Å². The molecule has 2 aromatic heterocycles. The molecule has 0 amide bonds. The van der Waals surface area contributed by atoms with Crippen LogP contribution in [0.1, 0.15) is 31.7 Å². The first-order valence-electron chi connectivity index (χ1n) is 6.44. The molecule has 19 heavy (non-hydrogen) atoms. The molecule has 0 aliphatic rings. The Morgan fingerprint density at radius 2 is 1.95 bits per heavy atom. The smallest absolute Gasteiger partial charge is 0.0628 e. The van der Waals surface area contributed by atoms with Crippen molar-refractivity contribution in [2.75, 3.05) is 0 Å². The van der Waals surface area contributed by atoms with Crippen LogP contribution in [-0.2, 0) is 0 Å². The number of aromatic nitrogens is 2. The minimum absolute atomic E-state index is 0.231. The first-order chi connectivity index (χ1) is 9.22. The Labute approximate surface area is 114 Å². The van der Waals surface area contributed by atoms with Crippen molar-refractivity contribution in [1.29, 1.82) is 5.26 Å². The van der Waals surface area contributed by atoms with Gasteiger partial charge in [0.15, 0.2) is 0 Å². The molecule has 0 N–H and O–H groups in total. The first-order valence-corrected chi connectivity index (χ1v) is 6.44. The Balaban J connectivity index is 2.36. The van der Waals surface area contributed by atoms with Gasteiger partial charge in [0.25, 0.3) is 0 Å². The molecule has 96 valence electrons. The van der Waals surface area contributed by atoms with Crippen LogP contribution in [0.4, 0.5) is 0 Å². The van der Waals surface area contributed by atoms with Gasteiger partial charge in [-0.3, -0.25) is 9.97 Å². The number of nitrogens with zero attached hydrogens (tertiary/aromatic N) is 3. The second-order valence-corrected chi connectivity index (χ2v) is 4.96. The van der Waals surface area contributed by atoms with Crippen molar-refractivity contribution in [1.82, 2.24) is 9.97 Å². The maximum atomic E-state index is 8.95. The molecule has 3 nitrogen and oxygen atoms in total. The van der Waals surface area contributed by atoms with Gasteiger partial charge in [-0.1, -0.05) is 19.9 Å².